The van der Waals surface area contributed by atoms with Crippen LogP contribution in [0.2, 0.25) is 0 Å². The van der Waals surface area contributed by atoms with Crippen LogP contribution in [0.3, 0.4) is 0 Å². The van der Waals surface area contributed by atoms with E-state index in [1.54, 1.807) is 4.90 Å². The summed E-state index contributed by atoms with van der Waals surface area (Å²) in [6.07, 6.45) is 0.208. The lowest BCUT2D eigenvalue weighted by Crippen LogP contribution is -2.26. The van der Waals surface area contributed by atoms with Gasteiger partial charge < -0.3 is 9.64 Å². The number of methoxy groups -OCH3 is 1. The molecule has 0 saturated carbocycles. The van der Waals surface area contributed by atoms with Crippen LogP contribution in [0.4, 0.5) is 5.69 Å². The molecule has 1 saturated heterocycles. The molecule has 114 valence electrons. The Kier molecular flexibility index (Phi) is 4.42. The summed E-state index contributed by atoms with van der Waals surface area (Å²) in [4.78, 5) is 25.4. The lowest BCUT2D eigenvalue weighted by Gasteiger charge is -2.23. The first kappa shape index (κ1) is 16.0. The highest BCUT2D eigenvalue weighted by Crippen LogP contribution is 2.35. The SMILES string of the molecule is COC(=O)C1CC(=O)N(c2ccc(C(C)(C)C)cc2Br)C1. The van der Waals surface area contributed by atoms with Gasteiger partial charge in [-0.15, -0.1) is 0 Å². The largest absolute Gasteiger partial charge is 0.469 e. The van der Waals surface area contributed by atoms with Gasteiger partial charge in [0.25, 0.3) is 0 Å². The van der Waals surface area contributed by atoms with Crippen LogP contribution >= 0.6 is 15.9 Å². The Bertz CT molecular complexity index is 577. The average molecular weight is 354 g/mol. The second kappa shape index (κ2) is 5.79. The zero-order valence-electron chi connectivity index (χ0n) is 12.8. The van der Waals surface area contributed by atoms with Crippen LogP contribution in [0.5, 0.6) is 0 Å². The predicted octanol–water partition coefficient (Wildman–Crippen LogP) is 3.27. The second-order valence-electron chi connectivity index (χ2n) is 6.34. The molecule has 5 heteroatoms. The Balaban J connectivity index is 2.27. The third-order valence-electron chi connectivity index (χ3n) is 3.76. The fourth-order valence-corrected chi connectivity index (χ4v) is 3.05. The molecule has 2 rings (SSSR count). The first-order valence-electron chi connectivity index (χ1n) is 6.92. The van der Waals surface area contributed by atoms with E-state index in [0.29, 0.717) is 6.54 Å². The minimum absolute atomic E-state index is 0.0463. The number of carbonyl (C=O) groups is 2. The summed E-state index contributed by atoms with van der Waals surface area (Å²) in [5.74, 6) is -0.750. The number of benzene rings is 1. The van der Waals surface area contributed by atoms with Crippen molar-refractivity contribution in [2.24, 2.45) is 5.92 Å². The number of rotatable bonds is 2. The molecule has 4 nitrogen and oxygen atoms in total. The highest BCUT2D eigenvalue weighted by Gasteiger charge is 2.36. The third-order valence-corrected chi connectivity index (χ3v) is 4.40. The molecule has 21 heavy (non-hydrogen) atoms. The van der Waals surface area contributed by atoms with E-state index in [4.69, 9.17) is 4.74 Å². The molecule has 0 N–H and O–H groups in total. The monoisotopic (exact) mass is 353 g/mol. The number of anilines is 1. The maximum absolute atomic E-state index is 12.1. The predicted molar refractivity (Wildman–Crippen MR) is 85.3 cm³/mol. The Morgan fingerprint density at radius 2 is 2.05 bits per heavy atom. The van der Waals surface area contributed by atoms with E-state index in [1.807, 2.05) is 18.2 Å². The molecule has 0 aromatic heterocycles. The normalized spacial score (nSPS) is 19.0. The molecule has 0 aliphatic carbocycles. The zero-order chi connectivity index (χ0) is 15.8. The van der Waals surface area contributed by atoms with Crippen LogP contribution in [0.1, 0.15) is 32.8 Å². The average Bonchev–Trinajstić information content (AvgIpc) is 2.78. The van der Waals surface area contributed by atoms with Gasteiger partial charge in [-0.2, -0.15) is 0 Å². The number of nitrogens with zero attached hydrogens (tertiary/aromatic N) is 1. The summed E-state index contributed by atoms with van der Waals surface area (Å²) >= 11 is 3.54. The van der Waals surface area contributed by atoms with Gasteiger partial charge in [-0.3, -0.25) is 9.59 Å². The fourth-order valence-electron chi connectivity index (χ4n) is 2.46. The minimum atomic E-state index is -0.378. The highest BCUT2D eigenvalue weighted by atomic mass is 79.9. The fraction of sp³-hybridized carbons (Fsp3) is 0.500. The van der Waals surface area contributed by atoms with E-state index < -0.39 is 0 Å². The molecule has 1 unspecified atom stereocenters. The smallest absolute Gasteiger partial charge is 0.311 e. The van der Waals surface area contributed by atoms with Gasteiger partial charge in [-0.25, -0.2) is 0 Å². The van der Waals surface area contributed by atoms with Crippen molar-refractivity contribution in [3.8, 4) is 0 Å². The number of hydrogen-bond donors (Lipinski definition) is 0. The van der Waals surface area contributed by atoms with Crippen LogP contribution in [0.25, 0.3) is 0 Å². The first-order chi connectivity index (χ1) is 9.74. The molecule has 1 amide bonds. The Morgan fingerprint density at radius 3 is 2.57 bits per heavy atom. The van der Waals surface area contributed by atoms with E-state index in [-0.39, 0.29) is 29.6 Å². The van der Waals surface area contributed by atoms with Crippen molar-refractivity contribution >= 4 is 33.5 Å². The number of esters is 1. The third kappa shape index (κ3) is 3.28. The van der Waals surface area contributed by atoms with Crippen LogP contribution in [-0.4, -0.2) is 25.5 Å². The van der Waals surface area contributed by atoms with Gasteiger partial charge in [0.15, 0.2) is 0 Å². The van der Waals surface area contributed by atoms with Gasteiger partial charge in [0.05, 0.1) is 18.7 Å². The summed E-state index contributed by atoms with van der Waals surface area (Å²) in [5, 5.41) is 0. The number of hydrogen-bond acceptors (Lipinski definition) is 3. The molecule has 1 aliphatic heterocycles. The van der Waals surface area contributed by atoms with Crippen molar-refractivity contribution in [2.45, 2.75) is 32.6 Å². The van der Waals surface area contributed by atoms with E-state index in [1.165, 1.54) is 12.7 Å². The molecule has 1 aromatic rings. The Labute approximate surface area is 133 Å². The maximum atomic E-state index is 12.1. The molecule has 1 fully saturated rings. The summed E-state index contributed by atoms with van der Waals surface area (Å²) in [6, 6.07) is 6.00. The van der Waals surface area contributed by atoms with Crippen LogP contribution in [0, 0.1) is 5.92 Å². The number of amides is 1. The van der Waals surface area contributed by atoms with Crippen molar-refractivity contribution in [1.82, 2.24) is 0 Å². The molecular formula is C16H20BrNO3. The molecule has 0 bridgehead atoms. The Morgan fingerprint density at radius 1 is 1.38 bits per heavy atom. The minimum Gasteiger partial charge on any atom is -0.469 e. The molecule has 1 aliphatic rings. The van der Waals surface area contributed by atoms with Crippen molar-refractivity contribution in [2.75, 3.05) is 18.6 Å². The van der Waals surface area contributed by atoms with E-state index in [0.717, 1.165) is 10.2 Å². The van der Waals surface area contributed by atoms with Crippen molar-refractivity contribution < 1.29 is 14.3 Å². The summed E-state index contributed by atoms with van der Waals surface area (Å²) in [5.41, 5.74) is 2.04. The van der Waals surface area contributed by atoms with E-state index in [2.05, 4.69) is 36.7 Å². The molecule has 0 radical (unpaired) electrons. The lowest BCUT2D eigenvalue weighted by molar-refractivity contribution is -0.145. The number of carbonyl (C=O) groups excluding carboxylic acids is 2. The topological polar surface area (TPSA) is 46.6 Å². The van der Waals surface area contributed by atoms with Crippen molar-refractivity contribution in [3.63, 3.8) is 0 Å². The summed E-state index contributed by atoms with van der Waals surface area (Å²) in [7, 11) is 1.35. The van der Waals surface area contributed by atoms with Crippen molar-refractivity contribution in [3.05, 3.63) is 28.2 Å². The molecule has 1 heterocycles. The van der Waals surface area contributed by atoms with Gasteiger partial charge >= 0.3 is 5.97 Å². The van der Waals surface area contributed by atoms with Gasteiger partial charge in [-0.1, -0.05) is 26.8 Å². The Hall–Kier alpha value is -1.36. The van der Waals surface area contributed by atoms with Gasteiger partial charge in [-0.05, 0) is 39.0 Å². The summed E-state index contributed by atoms with van der Waals surface area (Å²) in [6.45, 7) is 6.80. The van der Waals surface area contributed by atoms with Gasteiger partial charge in [0, 0.05) is 17.4 Å². The highest BCUT2D eigenvalue weighted by molar-refractivity contribution is 9.10. The van der Waals surface area contributed by atoms with Gasteiger partial charge in [0.2, 0.25) is 5.91 Å². The maximum Gasteiger partial charge on any atom is 0.311 e. The van der Waals surface area contributed by atoms with Crippen molar-refractivity contribution in [1.29, 1.82) is 0 Å². The first-order valence-corrected chi connectivity index (χ1v) is 7.71. The number of ether oxygens (including phenoxy) is 1. The zero-order valence-corrected chi connectivity index (χ0v) is 14.4. The number of halogens is 1. The summed E-state index contributed by atoms with van der Waals surface area (Å²) < 4.78 is 5.60. The molecule has 1 atom stereocenters. The quantitative estimate of drug-likeness (QED) is 0.766. The molecular weight excluding hydrogens is 334 g/mol. The molecule has 1 aromatic carbocycles. The van der Waals surface area contributed by atoms with Gasteiger partial charge in [0.1, 0.15) is 0 Å². The van der Waals surface area contributed by atoms with E-state index in [9.17, 15) is 9.59 Å². The van der Waals surface area contributed by atoms with Crippen LogP contribution in [0.15, 0.2) is 22.7 Å². The van der Waals surface area contributed by atoms with E-state index >= 15 is 0 Å². The second-order valence-corrected chi connectivity index (χ2v) is 7.20. The van der Waals surface area contributed by atoms with Crippen LogP contribution in [-0.2, 0) is 19.7 Å². The standard InChI is InChI=1S/C16H20BrNO3/c1-16(2,3)11-5-6-13(12(17)8-11)18-9-10(7-14(18)19)15(20)21-4/h5-6,8,10H,7,9H2,1-4H3. The molecule has 0 spiro atoms. The van der Waals surface area contributed by atoms with Crippen LogP contribution < -0.4 is 4.90 Å². The lowest BCUT2D eigenvalue weighted by atomic mass is 9.87.